The number of aromatic nitrogens is 1. The van der Waals surface area contributed by atoms with Crippen LogP contribution in [0.1, 0.15) is 30.7 Å². The zero-order valence-corrected chi connectivity index (χ0v) is 12.5. The first-order valence-electron chi connectivity index (χ1n) is 7.03. The van der Waals surface area contributed by atoms with Crippen molar-refractivity contribution in [2.45, 2.75) is 44.8 Å². The number of benzene rings is 1. The highest BCUT2D eigenvalue weighted by Crippen LogP contribution is 2.34. The Bertz CT molecular complexity index is 677. The lowest BCUT2D eigenvalue weighted by Crippen LogP contribution is -2.28. The molecule has 0 aliphatic heterocycles. The number of fused-ring (bicyclic) bond motifs is 1. The minimum atomic E-state index is -0.353. The number of nitro benzene ring substituents is 1. The third-order valence-electron chi connectivity index (χ3n) is 3.87. The Morgan fingerprint density at radius 2 is 2.10 bits per heavy atom. The van der Waals surface area contributed by atoms with Gasteiger partial charge in [0, 0.05) is 12.1 Å². The van der Waals surface area contributed by atoms with E-state index in [1.807, 2.05) is 6.92 Å². The SMILES string of the molecule is Cc1nc2cc(NC3CCC(O)CC3)c([N+](=O)[O-])cc2s1. The van der Waals surface area contributed by atoms with E-state index in [0.29, 0.717) is 5.69 Å². The van der Waals surface area contributed by atoms with Crippen LogP contribution in [-0.4, -0.2) is 27.2 Å². The number of nitrogens with zero attached hydrogens (tertiary/aromatic N) is 2. The van der Waals surface area contributed by atoms with Crippen LogP contribution in [0.25, 0.3) is 10.2 Å². The van der Waals surface area contributed by atoms with Gasteiger partial charge in [-0.1, -0.05) is 0 Å². The molecule has 6 nitrogen and oxygen atoms in total. The van der Waals surface area contributed by atoms with E-state index in [1.54, 1.807) is 12.1 Å². The van der Waals surface area contributed by atoms with Gasteiger partial charge in [0.25, 0.3) is 5.69 Å². The Kier molecular flexibility index (Phi) is 3.77. The minimum Gasteiger partial charge on any atom is -0.393 e. The van der Waals surface area contributed by atoms with Crippen molar-refractivity contribution in [3.8, 4) is 0 Å². The van der Waals surface area contributed by atoms with E-state index in [2.05, 4.69) is 10.3 Å². The van der Waals surface area contributed by atoms with Crippen LogP contribution in [0, 0.1) is 17.0 Å². The number of nitro groups is 1. The van der Waals surface area contributed by atoms with Crippen molar-refractivity contribution >= 4 is 32.9 Å². The van der Waals surface area contributed by atoms with Gasteiger partial charge in [0.1, 0.15) is 5.69 Å². The topological polar surface area (TPSA) is 88.3 Å². The lowest BCUT2D eigenvalue weighted by Gasteiger charge is -2.26. The first kappa shape index (κ1) is 14.2. The summed E-state index contributed by atoms with van der Waals surface area (Å²) in [4.78, 5) is 15.3. The van der Waals surface area contributed by atoms with Crippen molar-refractivity contribution in [2.75, 3.05) is 5.32 Å². The van der Waals surface area contributed by atoms with E-state index in [9.17, 15) is 15.2 Å². The summed E-state index contributed by atoms with van der Waals surface area (Å²) in [7, 11) is 0. The molecule has 0 spiro atoms. The maximum Gasteiger partial charge on any atom is 0.293 e. The molecule has 0 saturated heterocycles. The molecule has 0 bridgehead atoms. The number of nitrogens with one attached hydrogen (secondary N) is 1. The third kappa shape index (κ3) is 2.98. The number of hydrogen-bond acceptors (Lipinski definition) is 6. The fraction of sp³-hybridized carbons (Fsp3) is 0.500. The van der Waals surface area contributed by atoms with Gasteiger partial charge in [-0.25, -0.2) is 4.98 Å². The lowest BCUT2D eigenvalue weighted by molar-refractivity contribution is -0.383. The Labute approximate surface area is 126 Å². The van der Waals surface area contributed by atoms with Crippen LogP contribution in [0.2, 0.25) is 0 Å². The fourth-order valence-electron chi connectivity index (χ4n) is 2.79. The molecule has 0 unspecified atom stereocenters. The summed E-state index contributed by atoms with van der Waals surface area (Å²) in [5, 5.41) is 25.0. The van der Waals surface area contributed by atoms with Gasteiger partial charge in [-0.2, -0.15) is 0 Å². The Hall–Kier alpha value is -1.73. The van der Waals surface area contributed by atoms with Crippen LogP contribution in [0.15, 0.2) is 12.1 Å². The Balaban J connectivity index is 1.92. The van der Waals surface area contributed by atoms with Gasteiger partial charge < -0.3 is 10.4 Å². The second-order valence-electron chi connectivity index (χ2n) is 5.48. The van der Waals surface area contributed by atoms with Crippen molar-refractivity contribution in [1.29, 1.82) is 0 Å². The summed E-state index contributed by atoms with van der Waals surface area (Å²) >= 11 is 1.46. The molecule has 2 N–H and O–H groups in total. The standard InChI is InChI=1S/C14H17N3O3S/c1-8-15-12-6-11(13(17(19)20)7-14(12)21-8)16-9-2-4-10(18)5-3-9/h6-7,9-10,16,18H,2-5H2,1H3. The fourth-order valence-corrected chi connectivity index (χ4v) is 3.63. The molecule has 1 aromatic heterocycles. The second kappa shape index (κ2) is 5.57. The summed E-state index contributed by atoms with van der Waals surface area (Å²) < 4.78 is 0.837. The van der Waals surface area contributed by atoms with Crippen molar-refractivity contribution < 1.29 is 10.0 Å². The minimum absolute atomic E-state index is 0.0947. The Morgan fingerprint density at radius 3 is 2.76 bits per heavy atom. The first-order valence-corrected chi connectivity index (χ1v) is 7.85. The van der Waals surface area contributed by atoms with Gasteiger partial charge in [-0.15, -0.1) is 11.3 Å². The molecule has 1 aromatic carbocycles. The van der Waals surface area contributed by atoms with Crippen molar-refractivity contribution in [3.05, 3.63) is 27.3 Å². The maximum atomic E-state index is 11.3. The van der Waals surface area contributed by atoms with Crippen LogP contribution in [-0.2, 0) is 0 Å². The number of anilines is 1. The smallest absolute Gasteiger partial charge is 0.293 e. The highest BCUT2D eigenvalue weighted by molar-refractivity contribution is 7.18. The third-order valence-corrected chi connectivity index (χ3v) is 4.80. The van der Waals surface area contributed by atoms with E-state index in [-0.39, 0.29) is 22.8 Å². The average Bonchev–Trinajstić information content (AvgIpc) is 2.79. The van der Waals surface area contributed by atoms with Crippen molar-refractivity contribution in [2.24, 2.45) is 0 Å². The zero-order chi connectivity index (χ0) is 15.0. The molecule has 1 aliphatic rings. The molecule has 1 fully saturated rings. The Morgan fingerprint density at radius 1 is 1.38 bits per heavy atom. The molecule has 0 atom stereocenters. The molecular weight excluding hydrogens is 290 g/mol. The van der Waals surface area contributed by atoms with Crippen LogP contribution in [0.3, 0.4) is 0 Å². The maximum absolute atomic E-state index is 11.3. The monoisotopic (exact) mass is 307 g/mol. The van der Waals surface area contributed by atoms with Gasteiger partial charge in [0.05, 0.1) is 26.3 Å². The summed E-state index contributed by atoms with van der Waals surface area (Å²) in [5.41, 5.74) is 1.41. The zero-order valence-electron chi connectivity index (χ0n) is 11.7. The normalized spacial score (nSPS) is 22.4. The predicted octanol–water partition coefficient (Wildman–Crippen LogP) is 3.23. The van der Waals surface area contributed by atoms with Gasteiger partial charge >= 0.3 is 0 Å². The molecule has 0 amide bonds. The predicted molar refractivity (Wildman–Crippen MR) is 82.9 cm³/mol. The quantitative estimate of drug-likeness (QED) is 0.671. The molecule has 21 heavy (non-hydrogen) atoms. The van der Waals surface area contributed by atoms with Gasteiger partial charge in [0.2, 0.25) is 0 Å². The lowest BCUT2D eigenvalue weighted by atomic mass is 9.93. The summed E-state index contributed by atoms with van der Waals surface area (Å²) in [6.07, 6.45) is 2.90. The van der Waals surface area contributed by atoms with Crippen LogP contribution < -0.4 is 5.32 Å². The molecular formula is C14H17N3O3S. The molecule has 7 heteroatoms. The average molecular weight is 307 g/mol. The molecule has 2 aromatic rings. The second-order valence-corrected chi connectivity index (χ2v) is 6.71. The highest BCUT2D eigenvalue weighted by Gasteiger charge is 2.23. The van der Waals surface area contributed by atoms with E-state index in [4.69, 9.17) is 0 Å². The summed E-state index contributed by atoms with van der Waals surface area (Å²) in [5.74, 6) is 0. The number of rotatable bonds is 3. The molecule has 1 saturated carbocycles. The van der Waals surface area contributed by atoms with Crippen LogP contribution in [0.4, 0.5) is 11.4 Å². The molecule has 0 radical (unpaired) electrons. The number of aryl methyl sites for hydroxylation is 1. The number of aliphatic hydroxyl groups excluding tert-OH is 1. The summed E-state index contributed by atoms with van der Waals surface area (Å²) in [6.45, 7) is 1.89. The van der Waals surface area contributed by atoms with E-state index >= 15 is 0 Å². The number of hydrogen-bond donors (Lipinski definition) is 2. The molecule has 112 valence electrons. The largest absolute Gasteiger partial charge is 0.393 e. The van der Waals surface area contributed by atoms with Crippen molar-refractivity contribution in [3.63, 3.8) is 0 Å². The van der Waals surface area contributed by atoms with E-state index in [0.717, 1.165) is 40.9 Å². The van der Waals surface area contributed by atoms with Crippen LogP contribution in [0.5, 0.6) is 0 Å². The molecule has 3 rings (SSSR count). The van der Waals surface area contributed by atoms with E-state index < -0.39 is 0 Å². The van der Waals surface area contributed by atoms with Gasteiger partial charge in [-0.3, -0.25) is 10.1 Å². The van der Waals surface area contributed by atoms with Crippen LogP contribution >= 0.6 is 11.3 Å². The first-order chi connectivity index (χ1) is 10.0. The van der Waals surface area contributed by atoms with Gasteiger partial charge in [0.15, 0.2) is 0 Å². The number of aliphatic hydroxyl groups is 1. The highest BCUT2D eigenvalue weighted by atomic mass is 32.1. The van der Waals surface area contributed by atoms with Gasteiger partial charge in [-0.05, 0) is 38.7 Å². The molecule has 1 aliphatic carbocycles. The van der Waals surface area contributed by atoms with E-state index in [1.165, 1.54) is 11.3 Å². The van der Waals surface area contributed by atoms with Crippen molar-refractivity contribution in [1.82, 2.24) is 4.98 Å². The molecule has 1 heterocycles. The summed E-state index contributed by atoms with van der Waals surface area (Å²) in [6, 6.07) is 3.53. The number of thiazole rings is 1.